The van der Waals surface area contributed by atoms with Crippen LogP contribution < -0.4 is 5.32 Å². The Labute approximate surface area is 108 Å². The molecule has 0 spiro atoms. The van der Waals surface area contributed by atoms with Gasteiger partial charge in [0.1, 0.15) is 5.82 Å². The maximum atomic E-state index is 12.5. The molecule has 2 rings (SSSR count). The van der Waals surface area contributed by atoms with Gasteiger partial charge >= 0.3 is 0 Å². The van der Waals surface area contributed by atoms with Gasteiger partial charge in [-0.05, 0) is 38.3 Å². The fourth-order valence-corrected chi connectivity index (χ4v) is 2.35. The van der Waals surface area contributed by atoms with E-state index in [1.165, 1.54) is 0 Å². The molecule has 2 heterocycles. The molecule has 0 bridgehead atoms. The van der Waals surface area contributed by atoms with E-state index < -0.39 is 0 Å². The van der Waals surface area contributed by atoms with E-state index in [9.17, 15) is 4.79 Å². The number of hydrogen-bond acceptors (Lipinski definition) is 3. The Morgan fingerprint density at radius 2 is 2.44 bits per heavy atom. The molecular formula is C14H21N3O. The predicted octanol–water partition coefficient (Wildman–Crippen LogP) is 2.53. The zero-order valence-corrected chi connectivity index (χ0v) is 11.1. The van der Waals surface area contributed by atoms with Gasteiger partial charge < -0.3 is 10.2 Å². The molecule has 0 aromatic carbocycles. The molecule has 0 saturated carbocycles. The molecule has 4 heteroatoms. The standard InChI is InChI=1S/C14H21N3O/c1-3-8-15-13-12(7-4-9-16-13)14(18)17-10-5-6-11(17)2/h4,7,9,11H,3,5-6,8,10H2,1-2H3,(H,15,16). The SMILES string of the molecule is CCCNc1ncccc1C(=O)N1CCCC1C. The summed E-state index contributed by atoms with van der Waals surface area (Å²) in [5.41, 5.74) is 0.694. The van der Waals surface area contributed by atoms with Crippen LogP contribution in [0.4, 0.5) is 5.82 Å². The summed E-state index contributed by atoms with van der Waals surface area (Å²) in [6.45, 7) is 5.91. The molecule has 1 atom stereocenters. The summed E-state index contributed by atoms with van der Waals surface area (Å²) in [6, 6.07) is 4.03. The fraction of sp³-hybridized carbons (Fsp3) is 0.571. The van der Waals surface area contributed by atoms with Crippen molar-refractivity contribution in [2.75, 3.05) is 18.4 Å². The minimum Gasteiger partial charge on any atom is -0.369 e. The van der Waals surface area contributed by atoms with Gasteiger partial charge in [-0.1, -0.05) is 6.92 Å². The molecule has 98 valence electrons. The smallest absolute Gasteiger partial charge is 0.257 e. The van der Waals surface area contributed by atoms with Crippen molar-refractivity contribution in [3.63, 3.8) is 0 Å². The van der Waals surface area contributed by atoms with Crippen LogP contribution in [0.5, 0.6) is 0 Å². The van der Waals surface area contributed by atoms with E-state index >= 15 is 0 Å². The van der Waals surface area contributed by atoms with Crippen LogP contribution in [0.2, 0.25) is 0 Å². The number of anilines is 1. The second-order valence-electron chi connectivity index (χ2n) is 4.82. The molecule has 4 nitrogen and oxygen atoms in total. The number of nitrogens with zero attached hydrogens (tertiary/aromatic N) is 2. The van der Waals surface area contributed by atoms with Crippen LogP contribution in [-0.4, -0.2) is 34.9 Å². The van der Waals surface area contributed by atoms with Crippen molar-refractivity contribution in [3.8, 4) is 0 Å². The Kier molecular flexibility index (Phi) is 4.18. The molecule has 1 amide bonds. The van der Waals surface area contributed by atoms with E-state index in [4.69, 9.17) is 0 Å². The van der Waals surface area contributed by atoms with E-state index in [-0.39, 0.29) is 5.91 Å². The monoisotopic (exact) mass is 247 g/mol. The van der Waals surface area contributed by atoms with Gasteiger partial charge in [-0.15, -0.1) is 0 Å². The van der Waals surface area contributed by atoms with E-state index in [1.807, 2.05) is 17.0 Å². The second-order valence-corrected chi connectivity index (χ2v) is 4.82. The molecule has 0 radical (unpaired) electrons. The van der Waals surface area contributed by atoms with Gasteiger partial charge in [-0.3, -0.25) is 4.79 Å². The zero-order chi connectivity index (χ0) is 13.0. The molecule has 1 aromatic heterocycles. The molecule has 1 saturated heterocycles. The quantitative estimate of drug-likeness (QED) is 0.889. The van der Waals surface area contributed by atoms with Gasteiger partial charge in [0.25, 0.3) is 5.91 Å². The minimum atomic E-state index is 0.103. The highest BCUT2D eigenvalue weighted by Crippen LogP contribution is 2.22. The third-order valence-corrected chi connectivity index (χ3v) is 3.39. The van der Waals surface area contributed by atoms with Crippen molar-refractivity contribution >= 4 is 11.7 Å². The van der Waals surface area contributed by atoms with Crippen molar-refractivity contribution in [3.05, 3.63) is 23.9 Å². The highest BCUT2D eigenvalue weighted by Gasteiger charge is 2.27. The van der Waals surface area contributed by atoms with Crippen molar-refractivity contribution in [1.29, 1.82) is 0 Å². The number of aromatic nitrogens is 1. The molecule has 18 heavy (non-hydrogen) atoms. The highest BCUT2D eigenvalue weighted by molar-refractivity contribution is 5.99. The molecular weight excluding hydrogens is 226 g/mol. The summed E-state index contributed by atoms with van der Waals surface area (Å²) in [5, 5.41) is 3.22. The van der Waals surface area contributed by atoms with Crippen LogP contribution >= 0.6 is 0 Å². The van der Waals surface area contributed by atoms with Crippen molar-refractivity contribution in [1.82, 2.24) is 9.88 Å². The van der Waals surface area contributed by atoms with E-state index in [0.29, 0.717) is 17.4 Å². The van der Waals surface area contributed by atoms with Crippen molar-refractivity contribution < 1.29 is 4.79 Å². The van der Waals surface area contributed by atoms with Gasteiger partial charge in [0, 0.05) is 25.3 Å². The number of carbonyl (C=O) groups excluding carboxylic acids is 1. The molecule has 1 aliphatic rings. The Hall–Kier alpha value is -1.58. The first kappa shape index (κ1) is 12.9. The lowest BCUT2D eigenvalue weighted by atomic mass is 10.2. The highest BCUT2D eigenvalue weighted by atomic mass is 16.2. The number of hydrogen-bond donors (Lipinski definition) is 1. The normalized spacial score (nSPS) is 19.0. The maximum absolute atomic E-state index is 12.5. The van der Waals surface area contributed by atoms with Crippen LogP contribution in [0.15, 0.2) is 18.3 Å². The van der Waals surface area contributed by atoms with Gasteiger partial charge in [-0.2, -0.15) is 0 Å². The van der Waals surface area contributed by atoms with E-state index in [2.05, 4.69) is 24.1 Å². The minimum absolute atomic E-state index is 0.103. The summed E-state index contributed by atoms with van der Waals surface area (Å²) in [6.07, 6.45) is 4.95. The Morgan fingerprint density at radius 3 is 3.11 bits per heavy atom. The van der Waals surface area contributed by atoms with Crippen LogP contribution in [0.25, 0.3) is 0 Å². The predicted molar refractivity (Wildman–Crippen MR) is 72.8 cm³/mol. The second kappa shape index (κ2) is 5.85. The topological polar surface area (TPSA) is 45.2 Å². The first-order valence-electron chi connectivity index (χ1n) is 6.74. The molecule has 0 aliphatic carbocycles. The summed E-state index contributed by atoms with van der Waals surface area (Å²) < 4.78 is 0. The van der Waals surface area contributed by atoms with Gasteiger partial charge in [-0.25, -0.2) is 4.98 Å². The lowest BCUT2D eigenvalue weighted by molar-refractivity contribution is 0.0748. The number of pyridine rings is 1. The summed E-state index contributed by atoms with van der Waals surface area (Å²) in [7, 11) is 0. The van der Waals surface area contributed by atoms with Gasteiger partial charge in [0.05, 0.1) is 5.56 Å². The third kappa shape index (κ3) is 2.63. The largest absolute Gasteiger partial charge is 0.369 e. The lowest BCUT2D eigenvalue weighted by Crippen LogP contribution is -2.34. The first-order valence-corrected chi connectivity index (χ1v) is 6.74. The molecule has 1 aromatic rings. The molecule has 1 fully saturated rings. The number of likely N-dealkylation sites (tertiary alicyclic amines) is 1. The number of amides is 1. The molecule has 1 unspecified atom stereocenters. The summed E-state index contributed by atoms with van der Waals surface area (Å²) in [5.74, 6) is 0.815. The number of carbonyl (C=O) groups is 1. The summed E-state index contributed by atoms with van der Waals surface area (Å²) in [4.78, 5) is 18.7. The third-order valence-electron chi connectivity index (χ3n) is 3.39. The van der Waals surface area contributed by atoms with Crippen LogP contribution in [-0.2, 0) is 0 Å². The molecule has 1 N–H and O–H groups in total. The van der Waals surface area contributed by atoms with Crippen molar-refractivity contribution in [2.45, 2.75) is 39.2 Å². The average Bonchev–Trinajstić information content (AvgIpc) is 2.82. The Balaban J connectivity index is 2.18. The van der Waals surface area contributed by atoms with Gasteiger partial charge in [0.2, 0.25) is 0 Å². The van der Waals surface area contributed by atoms with Crippen LogP contribution in [0, 0.1) is 0 Å². The van der Waals surface area contributed by atoms with Gasteiger partial charge in [0.15, 0.2) is 0 Å². The Bertz CT molecular complexity index is 419. The van der Waals surface area contributed by atoms with E-state index in [0.717, 1.165) is 32.4 Å². The number of rotatable bonds is 4. The maximum Gasteiger partial charge on any atom is 0.257 e. The number of nitrogens with one attached hydrogen (secondary N) is 1. The van der Waals surface area contributed by atoms with Crippen molar-refractivity contribution in [2.24, 2.45) is 0 Å². The van der Waals surface area contributed by atoms with Crippen LogP contribution in [0.1, 0.15) is 43.5 Å². The van der Waals surface area contributed by atoms with Crippen LogP contribution in [0.3, 0.4) is 0 Å². The van der Waals surface area contributed by atoms with E-state index in [1.54, 1.807) is 6.20 Å². The average molecular weight is 247 g/mol. The zero-order valence-electron chi connectivity index (χ0n) is 11.1. The molecule has 1 aliphatic heterocycles. The Morgan fingerprint density at radius 1 is 1.61 bits per heavy atom. The first-order chi connectivity index (χ1) is 8.74. The lowest BCUT2D eigenvalue weighted by Gasteiger charge is -2.22. The fourth-order valence-electron chi connectivity index (χ4n) is 2.35. The summed E-state index contributed by atoms with van der Waals surface area (Å²) >= 11 is 0.